The first-order valence-corrected chi connectivity index (χ1v) is 10.4. The zero-order valence-electron chi connectivity index (χ0n) is 15.7. The van der Waals surface area contributed by atoms with Gasteiger partial charge in [0.05, 0.1) is 12.5 Å². The molecule has 2 heterocycles. The lowest BCUT2D eigenvalue weighted by atomic mass is 9.51. The number of piperidine rings is 1. The molecule has 0 radical (unpaired) electrons. The van der Waals surface area contributed by atoms with Crippen LogP contribution in [0.1, 0.15) is 49.7 Å². The number of rotatable bonds is 2. The van der Waals surface area contributed by atoms with E-state index in [0.29, 0.717) is 18.2 Å². The molecule has 0 N–H and O–H groups in total. The Bertz CT molecular complexity index is 860. The molecule has 3 aliphatic carbocycles. The van der Waals surface area contributed by atoms with Crippen LogP contribution in [-0.4, -0.2) is 42.4 Å². The Morgan fingerprint density at radius 3 is 2.89 bits per heavy atom. The topological polar surface area (TPSA) is 55.8 Å². The molecule has 4 atom stereocenters. The molecule has 2 aliphatic heterocycles. The molecule has 142 valence electrons. The van der Waals surface area contributed by atoms with Crippen molar-refractivity contribution >= 4 is 11.7 Å². The highest BCUT2D eigenvalue weighted by atomic mass is 16.5. The zero-order valence-corrected chi connectivity index (χ0v) is 15.7. The predicted octanol–water partition coefficient (Wildman–Crippen LogP) is 2.63. The van der Waals surface area contributed by atoms with Crippen molar-refractivity contribution in [3.8, 4) is 11.5 Å². The molecule has 1 amide bonds. The summed E-state index contributed by atoms with van der Waals surface area (Å²) < 4.78 is 11.9. The van der Waals surface area contributed by atoms with Crippen molar-refractivity contribution in [3.63, 3.8) is 0 Å². The van der Waals surface area contributed by atoms with E-state index >= 15 is 0 Å². The summed E-state index contributed by atoms with van der Waals surface area (Å²) in [4.78, 5) is 28.2. The smallest absolute Gasteiger partial charge is 0.225 e. The Kier molecular flexibility index (Phi) is 3.12. The molecule has 2 saturated carbocycles. The number of methoxy groups -OCH3 is 1. The molecule has 0 aromatic heterocycles. The molecule has 27 heavy (non-hydrogen) atoms. The van der Waals surface area contributed by atoms with Crippen LogP contribution < -0.4 is 9.47 Å². The maximum absolute atomic E-state index is 13.1. The highest BCUT2D eigenvalue weighted by molar-refractivity contribution is 5.89. The van der Waals surface area contributed by atoms with Gasteiger partial charge in [-0.1, -0.05) is 12.5 Å². The summed E-state index contributed by atoms with van der Waals surface area (Å²) in [6.45, 7) is 0.750. The number of benzene rings is 1. The third-order valence-electron chi connectivity index (χ3n) is 8.05. The van der Waals surface area contributed by atoms with Gasteiger partial charge in [0.15, 0.2) is 23.4 Å². The van der Waals surface area contributed by atoms with Gasteiger partial charge in [0.25, 0.3) is 0 Å². The molecule has 5 nitrogen and oxygen atoms in total. The molecule has 1 saturated heterocycles. The minimum atomic E-state index is -0.398. The van der Waals surface area contributed by atoms with Crippen molar-refractivity contribution < 1.29 is 19.1 Å². The fourth-order valence-electron chi connectivity index (χ4n) is 6.64. The molecule has 1 spiro atoms. The summed E-state index contributed by atoms with van der Waals surface area (Å²) >= 11 is 0. The van der Waals surface area contributed by atoms with Crippen LogP contribution in [0.2, 0.25) is 0 Å². The van der Waals surface area contributed by atoms with E-state index in [-0.39, 0.29) is 23.2 Å². The Morgan fingerprint density at radius 2 is 2.15 bits per heavy atom. The number of nitrogens with zero attached hydrogens (tertiary/aromatic N) is 1. The summed E-state index contributed by atoms with van der Waals surface area (Å²) in [6.07, 6.45) is 6.00. The quantitative estimate of drug-likeness (QED) is 0.806. The second-order valence-electron chi connectivity index (χ2n) is 8.96. The molecule has 1 unspecified atom stereocenters. The standard InChI is InChI=1S/C22H25NO4/c1-26-17-8-5-13-11-15-14-6-7-16(24)20-22(14,18(13)19(17)27-20)9-10-23(15)21(25)12-3-2-4-12/h5,8,12,14-15,20H,2-4,6-7,9-11H2,1H3/t14-,15+,20-,22?/m1/s1. The van der Waals surface area contributed by atoms with Gasteiger partial charge in [-0.25, -0.2) is 0 Å². The van der Waals surface area contributed by atoms with E-state index in [0.717, 1.165) is 50.1 Å². The fourth-order valence-corrected chi connectivity index (χ4v) is 6.64. The van der Waals surface area contributed by atoms with Gasteiger partial charge in [-0.2, -0.15) is 0 Å². The van der Waals surface area contributed by atoms with Crippen molar-refractivity contribution in [3.05, 3.63) is 23.3 Å². The monoisotopic (exact) mass is 367 g/mol. The average molecular weight is 367 g/mol. The van der Waals surface area contributed by atoms with Crippen molar-refractivity contribution in [1.29, 1.82) is 0 Å². The number of carbonyl (C=O) groups excluding carboxylic acids is 2. The summed E-state index contributed by atoms with van der Waals surface area (Å²) in [6, 6.07) is 4.30. The van der Waals surface area contributed by atoms with Gasteiger partial charge in [-0.15, -0.1) is 0 Å². The van der Waals surface area contributed by atoms with Crippen molar-refractivity contribution in [2.24, 2.45) is 11.8 Å². The van der Waals surface area contributed by atoms with Crippen LogP contribution in [0.4, 0.5) is 0 Å². The van der Waals surface area contributed by atoms with E-state index in [4.69, 9.17) is 9.47 Å². The first kappa shape index (κ1) is 16.0. The largest absolute Gasteiger partial charge is 0.493 e. The number of hydrogen-bond acceptors (Lipinski definition) is 4. The summed E-state index contributed by atoms with van der Waals surface area (Å²) in [5.74, 6) is 2.64. The van der Waals surface area contributed by atoms with Crippen LogP contribution in [0.5, 0.6) is 11.5 Å². The number of Topliss-reactive ketones (excluding diaryl/α,β-unsaturated/α-hetero) is 1. The number of amides is 1. The fraction of sp³-hybridized carbons (Fsp3) is 0.636. The Balaban J connectivity index is 1.50. The maximum Gasteiger partial charge on any atom is 0.225 e. The zero-order chi connectivity index (χ0) is 18.3. The Morgan fingerprint density at radius 1 is 1.30 bits per heavy atom. The van der Waals surface area contributed by atoms with E-state index in [1.165, 1.54) is 17.5 Å². The molecule has 1 aromatic carbocycles. The first-order valence-electron chi connectivity index (χ1n) is 10.4. The molecule has 5 aliphatic rings. The van der Waals surface area contributed by atoms with Gasteiger partial charge in [0, 0.05) is 30.5 Å². The van der Waals surface area contributed by atoms with Crippen LogP contribution in [0.25, 0.3) is 0 Å². The third-order valence-corrected chi connectivity index (χ3v) is 8.05. The normalized spacial score (nSPS) is 36.0. The van der Waals surface area contributed by atoms with E-state index in [1.54, 1.807) is 7.11 Å². The number of ether oxygens (including phenoxy) is 2. The van der Waals surface area contributed by atoms with Gasteiger partial charge in [-0.3, -0.25) is 9.59 Å². The van der Waals surface area contributed by atoms with Crippen LogP contribution >= 0.6 is 0 Å². The SMILES string of the molecule is COc1ccc2c3c1O[C@@H]1C(=O)CC[C@@H]4[C@H](C2)N(C(=O)C2CCC2)CCC314. The van der Waals surface area contributed by atoms with E-state index in [2.05, 4.69) is 11.0 Å². The Labute approximate surface area is 159 Å². The second kappa shape index (κ2) is 5.27. The van der Waals surface area contributed by atoms with Gasteiger partial charge < -0.3 is 14.4 Å². The number of carbonyl (C=O) groups is 2. The second-order valence-corrected chi connectivity index (χ2v) is 8.96. The molecular formula is C22H25NO4. The first-order chi connectivity index (χ1) is 13.1. The minimum absolute atomic E-state index is 0.206. The lowest BCUT2D eigenvalue weighted by molar-refractivity contribution is -0.153. The molecule has 3 fully saturated rings. The molecule has 5 heteroatoms. The highest BCUT2D eigenvalue weighted by Gasteiger charge is 2.66. The number of likely N-dealkylation sites (tertiary alicyclic amines) is 1. The Hall–Kier alpha value is -2.04. The van der Waals surface area contributed by atoms with Gasteiger partial charge in [0.2, 0.25) is 5.91 Å². The van der Waals surface area contributed by atoms with E-state index < -0.39 is 6.10 Å². The van der Waals surface area contributed by atoms with Crippen LogP contribution in [0, 0.1) is 11.8 Å². The average Bonchev–Trinajstić information content (AvgIpc) is 2.96. The van der Waals surface area contributed by atoms with Crippen LogP contribution in [-0.2, 0) is 21.4 Å². The summed E-state index contributed by atoms with van der Waals surface area (Å²) in [5, 5.41) is 0. The van der Waals surface area contributed by atoms with E-state index in [1.807, 2.05) is 6.07 Å². The number of ketones is 1. The molecule has 2 bridgehead atoms. The summed E-state index contributed by atoms with van der Waals surface area (Å²) in [5.41, 5.74) is 2.21. The molecule has 1 aromatic rings. The summed E-state index contributed by atoms with van der Waals surface area (Å²) in [7, 11) is 1.66. The van der Waals surface area contributed by atoms with Gasteiger partial charge in [-0.05, 0) is 49.7 Å². The van der Waals surface area contributed by atoms with Gasteiger partial charge >= 0.3 is 0 Å². The van der Waals surface area contributed by atoms with E-state index in [9.17, 15) is 9.59 Å². The van der Waals surface area contributed by atoms with Crippen molar-refractivity contribution in [1.82, 2.24) is 4.90 Å². The number of hydrogen-bond donors (Lipinski definition) is 0. The van der Waals surface area contributed by atoms with Crippen LogP contribution in [0.15, 0.2) is 12.1 Å². The molecular weight excluding hydrogens is 342 g/mol. The lowest BCUT2D eigenvalue weighted by Crippen LogP contribution is -2.67. The molecule has 6 rings (SSSR count). The van der Waals surface area contributed by atoms with Crippen molar-refractivity contribution in [2.45, 2.75) is 62.5 Å². The predicted molar refractivity (Wildman–Crippen MR) is 98.0 cm³/mol. The lowest BCUT2D eigenvalue weighted by Gasteiger charge is -2.58. The van der Waals surface area contributed by atoms with Gasteiger partial charge in [0.1, 0.15) is 0 Å². The minimum Gasteiger partial charge on any atom is -0.493 e. The van der Waals surface area contributed by atoms with Crippen molar-refractivity contribution in [2.75, 3.05) is 13.7 Å². The highest BCUT2D eigenvalue weighted by Crippen LogP contribution is 2.63. The maximum atomic E-state index is 13.1. The third kappa shape index (κ3) is 1.81. The van der Waals surface area contributed by atoms with Crippen LogP contribution in [0.3, 0.4) is 0 Å².